The zero-order valence-electron chi connectivity index (χ0n) is 10.1. The van der Waals surface area contributed by atoms with Crippen LogP contribution in [0.3, 0.4) is 0 Å². The zero-order chi connectivity index (χ0) is 13.1. The summed E-state index contributed by atoms with van der Waals surface area (Å²) in [6.07, 6.45) is 3.32. The Kier molecular flexibility index (Phi) is 3.28. The summed E-state index contributed by atoms with van der Waals surface area (Å²) in [5.74, 6) is 0. The fourth-order valence-corrected chi connectivity index (χ4v) is 1.80. The highest BCUT2D eigenvalue weighted by Gasteiger charge is 2.04. The van der Waals surface area contributed by atoms with Gasteiger partial charge in [-0.3, -0.25) is 14.3 Å². The van der Waals surface area contributed by atoms with Gasteiger partial charge in [0.1, 0.15) is 0 Å². The number of nitrogens with one attached hydrogen (secondary N) is 1. The van der Waals surface area contributed by atoms with Gasteiger partial charge in [-0.05, 0) is 18.1 Å². The molecular formula is C14H14N2O2. The van der Waals surface area contributed by atoms with Crippen LogP contribution in [0, 0.1) is 6.92 Å². The molecule has 0 amide bonds. The maximum Gasteiger partial charge on any atom is 0.328 e. The van der Waals surface area contributed by atoms with Gasteiger partial charge in [-0.1, -0.05) is 36.9 Å². The van der Waals surface area contributed by atoms with Gasteiger partial charge in [0, 0.05) is 11.8 Å². The van der Waals surface area contributed by atoms with Crippen molar-refractivity contribution in [1.29, 1.82) is 0 Å². The highest BCUT2D eigenvalue weighted by Crippen LogP contribution is 2.10. The number of aryl methyl sites for hydroxylation is 1. The molecule has 1 aromatic carbocycles. The number of hydrogen-bond donors (Lipinski definition) is 1. The van der Waals surface area contributed by atoms with Crippen molar-refractivity contribution in [1.82, 2.24) is 9.55 Å². The van der Waals surface area contributed by atoms with E-state index in [9.17, 15) is 9.59 Å². The van der Waals surface area contributed by atoms with Crippen LogP contribution in [0.25, 0.3) is 6.08 Å². The number of aromatic amines is 1. The van der Waals surface area contributed by atoms with Gasteiger partial charge in [-0.15, -0.1) is 0 Å². The molecule has 0 unspecified atom stereocenters. The van der Waals surface area contributed by atoms with E-state index in [1.807, 2.05) is 24.3 Å². The average Bonchev–Trinajstić information content (AvgIpc) is 2.36. The van der Waals surface area contributed by atoms with E-state index in [0.717, 1.165) is 11.1 Å². The van der Waals surface area contributed by atoms with E-state index in [4.69, 9.17) is 0 Å². The largest absolute Gasteiger partial charge is 0.328 e. The lowest BCUT2D eigenvalue weighted by atomic mass is 10.1. The Morgan fingerprint density at radius 1 is 1.33 bits per heavy atom. The highest BCUT2D eigenvalue weighted by atomic mass is 16.2. The van der Waals surface area contributed by atoms with Crippen LogP contribution in [0.5, 0.6) is 0 Å². The van der Waals surface area contributed by atoms with E-state index in [0.29, 0.717) is 12.1 Å². The summed E-state index contributed by atoms with van der Waals surface area (Å²) in [6, 6.07) is 7.70. The van der Waals surface area contributed by atoms with Crippen LogP contribution in [0.4, 0.5) is 0 Å². The van der Waals surface area contributed by atoms with Crippen molar-refractivity contribution in [2.24, 2.45) is 0 Å². The van der Waals surface area contributed by atoms with Gasteiger partial charge in [-0.25, -0.2) is 4.79 Å². The highest BCUT2D eigenvalue weighted by molar-refractivity contribution is 5.51. The van der Waals surface area contributed by atoms with E-state index in [1.54, 1.807) is 19.2 Å². The van der Waals surface area contributed by atoms with Crippen LogP contribution in [0.1, 0.15) is 16.7 Å². The van der Waals surface area contributed by atoms with Gasteiger partial charge in [0.2, 0.25) is 0 Å². The molecule has 0 bridgehead atoms. The number of aromatic nitrogens is 2. The van der Waals surface area contributed by atoms with Crippen LogP contribution >= 0.6 is 0 Å². The first-order chi connectivity index (χ1) is 8.61. The third-order valence-corrected chi connectivity index (χ3v) is 2.80. The van der Waals surface area contributed by atoms with Gasteiger partial charge in [0.25, 0.3) is 5.56 Å². The van der Waals surface area contributed by atoms with Gasteiger partial charge in [0.05, 0.1) is 6.54 Å². The molecule has 0 atom stereocenters. The van der Waals surface area contributed by atoms with Gasteiger partial charge >= 0.3 is 5.69 Å². The Hall–Kier alpha value is -2.36. The minimum Gasteiger partial charge on any atom is -0.296 e. The molecular weight excluding hydrogens is 228 g/mol. The fourth-order valence-electron chi connectivity index (χ4n) is 1.80. The van der Waals surface area contributed by atoms with Crippen molar-refractivity contribution in [2.75, 3.05) is 0 Å². The normalized spacial score (nSPS) is 10.3. The summed E-state index contributed by atoms with van der Waals surface area (Å²) < 4.78 is 1.49. The lowest BCUT2D eigenvalue weighted by Crippen LogP contribution is -2.31. The third kappa shape index (κ3) is 2.32. The first-order valence-corrected chi connectivity index (χ1v) is 5.62. The Bertz CT molecular complexity index is 695. The summed E-state index contributed by atoms with van der Waals surface area (Å²) >= 11 is 0. The first-order valence-electron chi connectivity index (χ1n) is 5.62. The topological polar surface area (TPSA) is 54.9 Å². The molecule has 4 heteroatoms. The minimum absolute atomic E-state index is 0.340. The number of H-pyrrole nitrogens is 1. The van der Waals surface area contributed by atoms with Gasteiger partial charge in [-0.2, -0.15) is 0 Å². The second-order valence-corrected chi connectivity index (χ2v) is 4.10. The summed E-state index contributed by atoms with van der Waals surface area (Å²) in [5, 5.41) is 0. The first kappa shape index (κ1) is 12.1. The Balaban J connectivity index is 2.46. The van der Waals surface area contributed by atoms with E-state index in [-0.39, 0.29) is 5.56 Å². The molecule has 0 saturated heterocycles. The van der Waals surface area contributed by atoms with E-state index in [1.165, 1.54) is 4.57 Å². The van der Waals surface area contributed by atoms with Crippen molar-refractivity contribution in [2.45, 2.75) is 13.5 Å². The molecule has 0 spiro atoms. The van der Waals surface area contributed by atoms with Crippen molar-refractivity contribution in [3.63, 3.8) is 0 Å². The monoisotopic (exact) mass is 242 g/mol. The minimum atomic E-state index is -0.399. The van der Waals surface area contributed by atoms with Crippen molar-refractivity contribution < 1.29 is 0 Å². The van der Waals surface area contributed by atoms with Gasteiger partial charge < -0.3 is 0 Å². The quantitative estimate of drug-likeness (QED) is 0.887. The second kappa shape index (κ2) is 4.87. The number of benzene rings is 1. The van der Waals surface area contributed by atoms with Crippen molar-refractivity contribution in [3.05, 3.63) is 74.6 Å². The lowest BCUT2D eigenvalue weighted by molar-refractivity contribution is 0.713. The molecule has 2 rings (SSSR count). The molecule has 1 N–H and O–H groups in total. The summed E-state index contributed by atoms with van der Waals surface area (Å²) in [4.78, 5) is 25.3. The predicted octanol–water partition coefficient (Wildman–Crippen LogP) is 1.54. The predicted molar refractivity (Wildman–Crippen MR) is 71.7 cm³/mol. The maximum atomic E-state index is 11.7. The Morgan fingerprint density at radius 3 is 2.78 bits per heavy atom. The summed E-state index contributed by atoms with van der Waals surface area (Å²) in [7, 11) is 0. The SMILES string of the molecule is C=Cc1ccccc1Cn1cc(C)c(=O)[nH]c1=O. The molecule has 2 aromatic rings. The van der Waals surface area contributed by atoms with E-state index < -0.39 is 5.69 Å². The van der Waals surface area contributed by atoms with Crippen LogP contribution in [0.2, 0.25) is 0 Å². The second-order valence-electron chi connectivity index (χ2n) is 4.10. The van der Waals surface area contributed by atoms with E-state index in [2.05, 4.69) is 11.6 Å². The summed E-state index contributed by atoms with van der Waals surface area (Å²) in [5.41, 5.74) is 1.75. The number of rotatable bonds is 3. The lowest BCUT2D eigenvalue weighted by Gasteiger charge is -2.08. The molecule has 0 fully saturated rings. The average molecular weight is 242 g/mol. The third-order valence-electron chi connectivity index (χ3n) is 2.80. The van der Waals surface area contributed by atoms with Crippen molar-refractivity contribution in [3.8, 4) is 0 Å². The Morgan fingerprint density at radius 2 is 2.06 bits per heavy atom. The van der Waals surface area contributed by atoms with Crippen LogP contribution < -0.4 is 11.2 Å². The standard InChI is InChI=1S/C14H14N2O2/c1-3-11-6-4-5-7-12(11)9-16-8-10(2)13(17)15-14(16)18/h3-8H,1,9H2,2H3,(H,15,17,18). The molecule has 0 aliphatic carbocycles. The molecule has 0 aliphatic heterocycles. The molecule has 92 valence electrons. The van der Waals surface area contributed by atoms with Crippen LogP contribution in [0.15, 0.2) is 46.6 Å². The number of nitrogens with zero attached hydrogens (tertiary/aromatic N) is 1. The molecule has 0 saturated carbocycles. The van der Waals surface area contributed by atoms with Gasteiger partial charge in [0.15, 0.2) is 0 Å². The molecule has 0 radical (unpaired) electrons. The Labute approximate surface area is 104 Å². The van der Waals surface area contributed by atoms with Crippen LogP contribution in [-0.2, 0) is 6.54 Å². The van der Waals surface area contributed by atoms with Crippen molar-refractivity contribution >= 4 is 6.08 Å². The maximum absolute atomic E-state index is 11.7. The summed E-state index contributed by atoms with van der Waals surface area (Å²) in [6.45, 7) is 5.83. The molecule has 1 aromatic heterocycles. The molecule has 1 heterocycles. The fraction of sp³-hybridized carbons (Fsp3) is 0.143. The smallest absolute Gasteiger partial charge is 0.296 e. The molecule has 0 aliphatic rings. The number of hydrogen-bond acceptors (Lipinski definition) is 2. The molecule has 18 heavy (non-hydrogen) atoms. The molecule has 4 nitrogen and oxygen atoms in total. The van der Waals surface area contributed by atoms with Crippen LogP contribution in [-0.4, -0.2) is 9.55 Å². The van der Waals surface area contributed by atoms with E-state index >= 15 is 0 Å². The zero-order valence-corrected chi connectivity index (χ0v) is 10.1.